The summed E-state index contributed by atoms with van der Waals surface area (Å²) in [6, 6.07) is 6.28. The molecular weight excluding hydrogens is 257 g/mol. The third-order valence-corrected chi connectivity index (χ3v) is 3.83. The number of piperazine rings is 1. The van der Waals surface area contributed by atoms with Crippen molar-refractivity contribution in [2.45, 2.75) is 13.3 Å². The second-order valence-corrected chi connectivity index (χ2v) is 5.45. The van der Waals surface area contributed by atoms with E-state index >= 15 is 0 Å². The van der Waals surface area contributed by atoms with Gasteiger partial charge in [0.2, 0.25) is 0 Å². The lowest BCUT2D eigenvalue weighted by Crippen LogP contribution is -3.28. The van der Waals surface area contributed by atoms with Crippen molar-refractivity contribution in [1.29, 1.82) is 0 Å². The quantitative estimate of drug-likeness (QED) is 0.634. The van der Waals surface area contributed by atoms with Crippen LogP contribution in [0, 0.1) is 5.82 Å². The Labute approximate surface area is 119 Å². The molecule has 1 fully saturated rings. The van der Waals surface area contributed by atoms with E-state index in [2.05, 4.69) is 12.2 Å². The largest absolute Gasteiger partial charge is 0.326 e. The Morgan fingerprint density at radius 3 is 2.50 bits per heavy atom. The first-order valence-electron chi connectivity index (χ1n) is 7.40. The molecule has 1 aromatic carbocycles. The number of para-hydroxylation sites is 1. The van der Waals surface area contributed by atoms with Gasteiger partial charge >= 0.3 is 0 Å². The van der Waals surface area contributed by atoms with Gasteiger partial charge in [-0.05, 0) is 18.6 Å². The van der Waals surface area contributed by atoms with E-state index in [1.54, 1.807) is 23.1 Å². The molecule has 4 nitrogen and oxygen atoms in total. The fraction of sp³-hybridized carbons (Fsp3) is 0.533. The molecule has 110 valence electrons. The lowest BCUT2D eigenvalue weighted by atomic mass is 10.2. The van der Waals surface area contributed by atoms with Crippen molar-refractivity contribution in [3.8, 4) is 0 Å². The fourth-order valence-electron chi connectivity index (χ4n) is 2.72. The Balaban J connectivity index is 1.77. The number of carbonyl (C=O) groups is 1. The van der Waals surface area contributed by atoms with Crippen LogP contribution in [0.4, 0.5) is 10.1 Å². The highest BCUT2D eigenvalue weighted by molar-refractivity contribution is 5.91. The lowest BCUT2D eigenvalue weighted by molar-refractivity contribution is -1.01. The molecule has 0 spiro atoms. The summed E-state index contributed by atoms with van der Waals surface area (Å²) in [5.74, 6) is -0.489. The van der Waals surface area contributed by atoms with E-state index in [-0.39, 0.29) is 17.4 Å². The molecule has 2 rings (SSSR count). The van der Waals surface area contributed by atoms with Crippen LogP contribution in [0.2, 0.25) is 0 Å². The first-order valence-corrected chi connectivity index (χ1v) is 7.40. The van der Waals surface area contributed by atoms with Gasteiger partial charge in [-0.3, -0.25) is 4.79 Å². The van der Waals surface area contributed by atoms with Gasteiger partial charge in [-0.15, -0.1) is 0 Å². The van der Waals surface area contributed by atoms with Gasteiger partial charge in [0.25, 0.3) is 5.91 Å². The Kier molecular flexibility index (Phi) is 5.49. The van der Waals surface area contributed by atoms with Crippen molar-refractivity contribution >= 4 is 11.6 Å². The van der Waals surface area contributed by atoms with Gasteiger partial charge in [0, 0.05) is 0 Å². The van der Waals surface area contributed by atoms with Crippen molar-refractivity contribution in [2.24, 2.45) is 0 Å². The predicted octanol–water partition coefficient (Wildman–Crippen LogP) is -1.04. The maximum atomic E-state index is 13.4. The van der Waals surface area contributed by atoms with Crippen LogP contribution < -0.4 is 15.1 Å². The average Bonchev–Trinajstić information content (AvgIpc) is 2.44. The Bertz CT molecular complexity index is 444. The molecule has 1 aromatic rings. The lowest BCUT2D eigenvalue weighted by Gasteiger charge is -2.29. The molecule has 0 aromatic heterocycles. The number of anilines is 1. The molecular formula is C15H24FN3O+2. The number of halogens is 1. The predicted molar refractivity (Wildman–Crippen MR) is 76.4 cm³/mol. The Hall–Kier alpha value is -1.46. The van der Waals surface area contributed by atoms with Crippen LogP contribution >= 0.6 is 0 Å². The molecule has 1 amide bonds. The number of benzene rings is 1. The zero-order chi connectivity index (χ0) is 14.4. The summed E-state index contributed by atoms with van der Waals surface area (Å²) in [6.07, 6.45) is 1.21. The SMILES string of the molecule is CCC[NH+]1CC[NH+](CC(=O)Nc2ccccc2F)CC1. The number of nitrogens with one attached hydrogen (secondary N) is 3. The summed E-state index contributed by atoms with van der Waals surface area (Å²) in [7, 11) is 0. The topological polar surface area (TPSA) is 38.0 Å². The van der Waals surface area contributed by atoms with Gasteiger partial charge in [0.1, 0.15) is 32.0 Å². The van der Waals surface area contributed by atoms with Crippen LogP contribution in [0.1, 0.15) is 13.3 Å². The molecule has 1 aliphatic heterocycles. The molecule has 0 atom stereocenters. The monoisotopic (exact) mass is 281 g/mol. The fourth-order valence-corrected chi connectivity index (χ4v) is 2.72. The van der Waals surface area contributed by atoms with Crippen LogP contribution in [0.15, 0.2) is 24.3 Å². The molecule has 0 unspecified atom stereocenters. The maximum Gasteiger partial charge on any atom is 0.279 e. The maximum absolute atomic E-state index is 13.4. The second kappa shape index (κ2) is 7.36. The van der Waals surface area contributed by atoms with Crippen LogP contribution in [-0.2, 0) is 4.79 Å². The van der Waals surface area contributed by atoms with E-state index in [1.165, 1.54) is 23.9 Å². The molecule has 1 saturated heterocycles. The number of rotatable bonds is 5. The van der Waals surface area contributed by atoms with Gasteiger partial charge in [0.05, 0.1) is 12.2 Å². The summed E-state index contributed by atoms with van der Waals surface area (Å²) in [5, 5.41) is 2.65. The van der Waals surface area contributed by atoms with Crippen molar-refractivity contribution in [2.75, 3.05) is 44.6 Å². The summed E-state index contributed by atoms with van der Waals surface area (Å²) in [6.45, 7) is 8.11. The van der Waals surface area contributed by atoms with Crippen molar-refractivity contribution in [3.63, 3.8) is 0 Å². The standard InChI is InChI=1S/C15H22FN3O/c1-2-7-18-8-10-19(11-9-18)12-15(20)17-14-6-4-3-5-13(14)16/h3-6H,2,7-12H2,1H3,(H,17,20)/p+2. The molecule has 0 radical (unpaired) electrons. The van der Waals surface area contributed by atoms with E-state index in [0.717, 1.165) is 26.2 Å². The highest BCUT2D eigenvalue weighted by Gasteiger charge is 2.24. The normalized spacial score (nSPS) is 22.5. The second-order valence-electron chi connectivity index (χ2n) is 5.45. The molecule has 3 N–H and O–H groups in total. The number of carbonyl (C=O) groups excluding carboxylic acids is 1. The highest BCUT2D eigenvalue weighted by atomic mass is 19.1. The summed E-state index contributed by atoms with van der Waals surface area (Å²) >= 11 is 0. The summed E-state index contributed by atoms with van der Waals surface area (Å²) < 4.78 is 13.4. The van der Waals surface area contributed by atoms with Gasteiger partial charge in [0.15, 0.2) is 6.54 Å². The molecule has 5 heteroatoms. The summed E-state index contributed by atoms with van der Waals surface area (Å²) in [5.41, 5.74) is 0.271. The van der Waals surface area contributed by atoms with E-state index in [9.17, 15) is 9.18 Å². The van der Waals surface area contributed by atoms with Crippen molar-refractivity contribution in [3.05, 3.63) is 30.1 Å². The van der Waals surface area contributed by atoms with E-state index in [1.807, 2.05) is 0 Å². The first kappa shape index (κ1) is 14.9. The Morgan fingerprint density at radius 2 is 1.85 bits per heavy atom. The van der Waals surface area contributed by atoms with Gasteiger partial charge in [-0.1, -0.05) is 19.1 Å². The first-order chi connectivity index (χ1) is 9.69. The van der Waals surface area contributed by atoms with Crippen molar-refractivity contribution in [1.82, 2.24) is 0 Å². The molecule has 0 aliphatic carbocycles. The minimum absolute atomic E-state index is 0.107. The summed E-state index contributed by atoms with van der Waals surface area (Å²) in [4.78, 5) is 14.9. The molecule has 0 saturated carbocycles. The zero-order valence-electron chi connectivity index (χ0n) is 12.0. The van der Waals surface area contributed by atoms with Gasteiger partial charge < -0.3 is 15.1 Å². The van der Waals surface area contributed by atoms with Crippen molar-refractivity contribution < 1.29 is 19.0 Å². The number of hydrogen-bond acceptors (Lipinski definition) is 1. The van der Waals surface area contributed by atoms with Gasteiger partial charge in [-0.2, -0.15) is 0 Å². The van der Waals surface area contributed by atoms with Crippen LogP contribution in [0.3, 0.4) is 0 Å². The highest BCUT2D eigenvalue weighted by Crippen LogP contribution is 2.11. The van der Waals surface area contributed by atoms with Gasteiger partial charge in [-0.25, -0.2) is 4.39 Å². The average molecular weight is 281 g/mol. The molecule has 20 heavy (non-hydrogen) atoms. The van der Waals surface area contributed by atoms with E-state index in [4.69, 9.17) is 0 Å². The molecule has 1 heterocycles. The smallest absolute Gasteiger partial charge is 0.279 e. The van der Waals surface area contributed by atoms with Crippen LogP contribution in [0.25, 0.3) is 0 Å². The number of quaternary nitrogens is 2. The van der Waals surface area contributed by atoms with E-state index < -0.39 is 0 Å². The molecule has 1 aliphatic rings. The number of hydrogen-bond donors (Lipinski definition) is 3. The zero-order valence-corrected chi connectivity index (χ0v) is 12.0. The van der Waals surface area contributed by atoms with E-state index in [0.29, 0.717) is 6.54 Å². The molecule has 0 bridgehead atoms. The third kappa shape index (κ3) is 4.28. The van der Waals surface area contributed by atoms with Crippen LogP contribution in [-0.4, -0.2) is 45.2 Å². The Morgan fingerprint density at radius 1 is 1.20 bits per heavy atom. The minimum Gasteiger partial charge on any atom is -0.326 e. The third-order valence-electron chi connectivity index (χ3n) is 3.83. The number of amides is 1. The minimum atomic E-state index is -0.381. The van der Waals surface area contributed by atoms with Crippen LogP contribution in [0.5, 0.6) is 0 Å².